The van der Waals surface area contributed by atoms with Gasteiger partial charge in [0.05, 0.1) is 10.5 Å². The predicted octanol–water partition coefficient (Wildman–Crippen LogP) is 4.85. The van der Waals surface area contributed by atoms with Gasteiger partial charge >= 0.3 is 0 Å². The molecule has 4 rings (SSSR count). The molecule has 1 heterocycles. The molecule has 0 bridgehead atoms. The van der Waals surface area contributed by atoms with E-state index in [-0.39, 0.29) is 11.4 Å². The van der Waals surface area contributed by atoms with Crippen molar-refractivity contribution < 1.29 is 10.0 Å². The number of nitro groups is 1. The van der Waals surface area contributed by atoms with Crippen LogP contribution >= 0.6 is 0 Å². The van der Waals surface area contributed by atoms with Gasteiger partial charge in [-0.1, -0.05) is 24.3 Å². The maximum absolute atomic E-state index is 11.4. The third-order valence-corrected chi connectivity index (χ3v) is 3.75. The van der Waals surface area contributed by atoms with Crippen molar-refractivity contribution in [3.63, 3.8) is 0 Å². The van der Waals surface area contributed by atoms with Gasteiger partial charge in [-0.05, 0) is 29.0 Å². The van der Waals surface area contributed by atoms with Crippen molar-refractivity contribution >= 4 is 27.8 Å². The Morgan fingerprint density at radius 2 is 1.73 bits per heavy atom. The van der Waals surface area contributed by atoms with E-state index in [4.69, 9.17) is 0 Å². The monoisotopic (exact) mass is 291 g/mol. The molecule has 0 fully saturated rings. The maximum atomic E-state index is 11.4. The van der Waals surface area contributed by atoms with Crippen molar-refractivity contribution in [3.8, 4) is 16.9 Å². The molecule has 0 saturated carbocycles. The minimum Gasteiger partial charge on any atom is -0.506 e. The topological polar surface area (TPSA) is 88.1 Å². The SMILES string of the molecule is O=[N+]([O-])c1ccc2ccccc2c1-c1ccc(O)c2c1N=N2. The highest BCUT2D eigenvalue weighted by molar-refractivity contribution is 6.05. The lowest BCUT2D eigenvalue weighted by atomic mass is 9.94. The van der Waals surface area contributed by atoms with Crippen LogP contribution in [-0.2, 0) is 0 Å². The number of phenolic OH excluding ortho intramolecular Hbond substituents is 1. The van der Waals surface area contributed by atoms with Crippen molar-refractivity contribution in [2.24, 2.45) is 10.2 Å². The fourth-order valence-corrected chi connectivity index (χ4v) is 2.72. The molecule has 1 aliphatic rings. The highest BCUT2D eigenvalue weighted by Crippen LogP contribution is 2.53. The van der Waals surface area contributed by atoms with E-state index in [9.17, 15) is 15.2 Å². The Labute approximate surface area is 124 Å². The van der Waals surface area contributed by atoms with E-state index in [0.29, 0.717) is 22.5 Å². The van der Waals surface area contributed by atoms with Gasteiger partial charge in [-0.2, -0.15) is 0 Å². The molecule has 0 unspecified atom stereocenters. The molecule has 6 nitrogen and oxygen atoms in total. The van der Waals surface area contributed by atoms with Crippen LogP contribution in [0.5, 0.6) is 5.75 Å². The zero-order valence-electron chi connectivity index (χ0n) is 11.2. The molecule has 6 heteroatoms. The Morgan fingerprint density at radius 1 is 0.955 bits per heavy atom. The van der Waals surface area contributed by atoms with E-state index < -0.39 is 4.92 Å². The molecule has 22 heavy (non-hydrogen) atoms. The number of fused-ring (bicyclic) bond motifs is 2. The fraction of sp³-hybridized carbons (Fsp3) is 0. The highest BCUT2D eigenvalue weighted by Gasteiger charge is 2.26. The normalized spacial score (nSPS) is 12.0. The molecule has 0 spiro atoms. The minimum absolute atomic E-state index is 0.00805. The van der Waals surface area contributed by atoms with E-state index in [2.05, 4.69) is 10.2 Å². The third kappa shape index (κ3) is 1.61. The lowest BCUT2D eigenvalue weighted by Gasteiger charge is -2.15. The molecular weight excluding hydrogens is 282 g/mol. The summed E-state index contributed by atoms with van der Waals surface area (Å²) in [6.45, 7) is 0. The number of hydrogen-bond acceptors (Lipinski definition) is 5. The summed E-state index contributed by atoms with van der Waals surface area (Å²) in [4.78, 5) is 11.0. The van der Waals surface area contributed by atoms with Crippen LogP contribution in [0.1, 0.15) is 0 Å². The Morgan fingerprint density at radius 3 is 2.45 bits per heavy atom. The van der Waals surface area contributed by atoms with Crippen LogP contribution in [0.3, 0.4) is 0 Å². The quantitative estimate of drug-likeness (QED) is 0.423. The first-order chi connectivity index (χ1) is 10.7. The summed E-state index contributed by atoms with van der Waals surface area (Å²) < 4.78 is 0. The molecule has 106 valence electrons. The minimum atomic E-state index is -0.406. The first-order valence-corrected chi connectivity index (χ1v) is 6.61. The lowest BCUT2D eigenvalue weighted by Crippen LogP contribution is -1.95. The Bertz CT molecular complexity index is 980. The molecule has 3 aromatic carbocycles. The summed E-state index contributed by atoms with van der Waals surface area (Å²) in [5.74, 6) is 0.0247. The van der Waals surface area contributed by atoms with Gasteiger partial charge in [0.1, 0.15) is 11.4 Å². The maximum Gasteiger partial charge on any atom is 0.277 e. The summed E-state index contributed by atoms with van der Waals surface area (Å²) in [5.41, 5.74) is 1.97. The fourth-order valence-electron chi connectivity index (χ4n) is 2.72. The lowest BCUT2D eigenvalue weighted by molar-refractivity contribution is -0.384. The van der Waals surface area contributed by atoms with Crippen LogP contribution in [0.4, 0.5) is 17.1 Å². The molecule has 3 aromatic rings. The smallest absolute Gasteiger partial charge is 0.277 e. The molecule has 0 amide bonds. The zero-order valence-corrected chi connectivity index (χ0v) is 11.2. The van der Waals surface area contributed by atoms with Gasteiger partial charge < -0.3 is 5.11 Å². The average molecular weight is 291 g/mol. The van der Waals surface area contributed by atoms with Gasteiger partial charge in [-0.3, -0.25) is 10.1 Å². The first kappa shape index (κ1) is 12.5. The number of rotatable bonds is 2. The van der Waals surface area contributed by atoms with Gasteiger partial charge in [-0.15, -0.1) is 10.2 Å². The van der Waals surface area contributed by atoms with Gasteiger partial charge in [-0.25, -0.2) is 0 Å². The second-order valence-corrected chi connectivity index (χ2v) is 4.97. The van der Waals surface area contributed by atoms with E-state index in [0.717, 1.165) is 10.8 Å². The summed E-state index contributed by atoms with van der Waals surface area (Å²) in [7, 11) is 0. The van der Waals surface area contributed by atoms with E-state index in [1.54, 1.807) is 12.1 Å². The van der Waals surface area contributed by atoms with Crippen LogP contribution in [-0.4, -0.2) is 10.0 Å². The summed E-state index contributed by atoms with van der Waals surface area (Å²) in [5, 5.41) is 30.5. The molecule has 0 atom stereocenters. The largest absolute Gasteiger partial charge is 0.506 e. The Balaban J connectivity index is 2.12. The second-order valence-electron chi connectivity index (χ2n) is 4.97. The molecule has 0 saturated heterocycles. The number of nitrogens with zero attached hydrogens (tertiary/aromatic N) is 3. The number of nitro benzene ring substituents is 1. The number of phenols is 1. The molecule has 1 aliphatic heterocycles. The number of azo groups is 1. The van der Waals surface area contributed by atoms with E-state index >= 15 is 0 Å². The Hall–Kier alpha value is -3.28. The predicted molar refractivity (Wildman–Crippen MR) is 81.9 cm³/mol. The van der Waals surface area contributed by atoms with Crippen molar-refractivity contribution in [1.82, 2.24) is 0 Å². The second kappa shape index (κ2) is 4.36. The van der Waals surface area contributed by atoms with Crippen LogP contribution < -0.4 is 0 Å². The number of benzene rings is 3. The van der Waals surface area contributed by atoms with Gasteiger partial charge in [0.2, 0.25) is 0 Å². The number of hydrogen-bond donors (Lipinski definition) is 1. The van der Waals surface area contributed by atoms with Crippen LogP contribution in [0.15, 0.2) is 58.8 Å². The van der Waals surface area contributed by atoms with Crippen LogP contribution in [0.25, 0.3) is 21.9 Å². The highest BCUT2D eigenvalue weighted by atomic mass is 16.6. The van der Waals surface area contributed by atoms with Crippen molar-refractivity contribution in [3.05, 3.63) is 58.6 Å². The van der Waals surface area contributed by atoms with E-state index in [1.165, 1.54) is 12.1 Å². The average Bonchev–Trinajstić information content (AvgIpc) is 2.48. The van der Waals surface area contributed by atoms with Crippen molar-refractivity contribution in [2.45, 2.75) is 0 Å². The summed E-state index contributed by atoms with van der Waals surface area (Å²) >= 11 is 0. The van der Waals surface area contributed by atoms with E-state index in [1.807, 2.05) is 24.3 Å². The Kier molecular flexibility index (Phi) is 2.47. The summed E-state index contributed by atoms with van der Waals surface area (Å²) in [6, 6.07) is 13.8. The van der Waals surface area contributed by atoms with Crippen molar-refractivity contribution in [1.29, 1.82) is 0 Å². The van der Waals surface area contributed by atoms with Crippen molar-refractivity contribution in [2.75, 3.05) is 0 Å². The van der Waals surface area contributed by atoms with Gasteiger partial charge in [0.25, 0.3) is 5.69 Å². The van der Waals surface area contributed by atoms with Gasteiger partial charge in [0, 0.05) is 11.6 Å². The molecule has 0 aliphatic carbocycles. The molecule has 1 N–H and O–H groups in total. The first-order valence-electron chi connectivity index (χ1n) is 6.61. The standard InChI is InChI=1S/C16H9N3O3/c20-13-8-6-11(15-16(13)18-17-15)14-10-4-2-1-3-9(10)5-7-12(14)19(21)22/h1-8,20H. The summed E-state index contributed by atoms with van der Waals surface area (Å²) in [6.07, 6.45) is 0. The number of aromatic hydroxyl groups is 1. The van der Waals surface area contributed by atoms with Gasteiger partial charge in [0.15, 0.2) is 5.69 Å². The third-order valence-electron chi connectivity index (χ3n) is 3.75. The zero-order chi connectivity index (χ0) is 15.3. The molecular formula is C16H9N3O3. The molecule has 0 radical (unpaired) electrons. The van der Waals surface area contributed by atoms with Crippen LogP contribution in [0.2, 0.25) is 0 Å². The van der Waals surface area contributed by atoms with Crippen LogP contribution in [0, 0.1) is 10.1 Å². The molecule has 0 aromatic heterocycles.